The van der Waals surface area contributed by atoms with Gasteiger partial charge in [-0.1, -0.05) is 143 Å². The molecule has 0 bridgehead atoms. The van der Waals surface area contributed by atoms with Crippen LogP contribution in [-0.2, 0) is 95.9 Å². The van der Waals surface area contributed by atoms with Crippen molar-refractivity contribution in [3.05, 3.63) is 85.6 Å². The van der Waals surface area contributed by atoms with E-state index in [9.17, 15) is 0 Å². The monoisotopic (exact) mass is 1080 g/mol. The molecule has 0 aliphatic rings. The summed E-state index contributed by atoms with van der Waals surface area (Å²) in [6.45, 7) is 28.9. The van der Waals surface area contributed by atoms with E-state index < -0.39 is 0 Å². The standard InChI is InChI=1S/C16H18.C10H20.3C2H6.3W.Y/c1-13(2)16(14-9-5-3-6-10-14)15-11-7-4-8-12-15;1-5-7-10(8-6-2)9(3)4;3*1-2;;;;/h3-13,16H,1-2H3;9-10H,1-2,5-8H2,3-4H3;3*1-2H3;;;;/q;-2;;;;;;;. The number of hydrogen-bond acceptors (Lipinski definition) is 0. The number of rotatable bonds is 8. The summed E-state index contributed by atoms with van der Waals surface area (Å²) in [5.74, 6) is 2.78. The van der Waals surface area contributed by atoms with Gasteiger partial charge in [0, 0.05) is 102 Å². The molecule has 0 spiro atoms. The number of benzene rings is 2. The Morgan fingerprint density at radius 1 is 0.528 bits per heavy atom. The molecule has 0 heterocycles. The molecule has 2 rings (SSSR count). The summed E-state index contributed by atoms with van der Waals surface area (Å²) in [5, 5.41) is 0. The molecular weight excluding hydrogens is 1020 g/mol. The van der Waals surface area contributed by atoms with Crippen molar-refractivity contribution in [3.63, 3.8) is 0 Å². The van der Waals surface area contributed by atoms with Crippen LogP contribution in [0.4, 0.5) is 0 Å². The van der Waals surface area contributed by atoms with Gasteiger partial charge in [-0.2, -0.15) is 12.8 Å². The molecule has 207 valence electrons. The van der Waals surface area contributed by atoms with Crippen LogP contribution in [0.15, 0.2) is 60.7 Å². The maximum Gasteiger partial charge on any atom is 0.0112 e. The van der Waals surface area contributed by atoms with Crippen LogP contribution in [-0.4, -0.2) is 0 Å². The molecule has 0 atom stereocenters. The maximum atomic E-state index is 3.87. The SMILES string of the molecule is CC.CC.CC.CC(C)C(c1ccccc1)c1ccccc1.[CH2-]CCC(CC[CH2-])C(C)C.[W].[W].[W].[Y]. The van der Waals surface area contributed by atoms with E-state index in [0.29, 0.717) is 11.8 Å². The van der Waals surface area contributed by atoms with Crippen molar-refractivity contribution >= 4 is 0 Å². The van der Waals surface area contributed by atoms with E-state index >= 15 is 0 Å². The molecule has 36 heavy (non-hydrogen) atoms. The van der Waals surface area contributed by atoms with Crippen molar-refractivity contribution in [1.82, 2.24) is 0 Å². The van der Waals surface area contributed by atoms with Crippen molar-refractivity contribution in [2.24, 2.45) is 17.8 Å². The molecule has 0 amide bonds. The third-order valence-corrected chi connectivity index (χ3v) is 5.08. The molecule has 0 fully saturated rings. The Hall–Kier alpha value is 1.61. The summed E-state index contributed by atoms with van der Waals surface area (Å²) >= 11 is 0. The largest absolute Gasteiger partial charge is 0.343 e. The second-order valence-electron chi connectivity index (χ2n) is 7.83. The Labute approximate surface area is 296 Å². The van der Waals surface area contributed by atoms with Crippen LogP contribution in [0, 0.1) is 31.6 Å². The fourth-order valence-electron chi connectivity index (χ4n) is 3.62. The van der Waals surface area contributed by atoms with Gasteiger partial charge in [0.2, 0.25) is 0 Å². The van der Waals surface area contributed by atoms with Gasteiger partial charge in [0.25, 0.3) is 0 Å². The van der Waals surface area contributed by atoms with E-state index in [2.05, 4.69) is 102 Å². The molecule has 2 aromatic rings. The van der Waals surface area contributed by atoms with Crippen LogP contribution in [0.25, 0.3) is 0 Å². The molecule has 0 aromatic heterocycles. The Kier molecular flexibility index (Phi) is 61.4. The van der Waals surface area contributed by atoms with Gasteiger partial charge in [-0.3, -0.25) is 0 Å². The molecule has 1 radical (unpaired) electrons. The first-order valence-corrected chi connectivity index (χ1v) is 13.2. The van der Waals surface area contributed by atoms with Crippen molar-refractivity contribution in [3.8, 4) is 0 Å². The minimum atomic E-state index is 0. The van der Waals surface area contributed by atoms with Crippen molar-refractivity contribution in [2.75, 3.05) is 0 Å². The predicted octanol–water partition coefficient (Wildman–Crippen LogP) is 11.0. The predicted molar refractivity (Wildman–Crippen MR) is 151 cm³/mol. The van der Waals surface area contributed by atoms with Crippen LogP contribution in [0.1, 0.15) is 112 Å². The second kappa shape index (κ2) is 41.1. The van der Waals surface area contributed by atoms with E-state index in [1.807, 2.05) is 41.5 Å². The van der Waals surface area contributed by atoms with Crippen molar-refractivity contribution in [1.29, 1.82) is 0 Å². The zero-order valence-electron chi connectivity index (χ0n) is 25.1. The molecule has 0 saturated heterocycles. The van der Waals surface area contributed by atoms with Gasteiger partial charge in [0.15, 0.2) is 0 Å². The van der Waals surface area contributed by atoms with Gasteiger partial charge in [-0.15, -0.1) is 0 Å². The van der Waals surface area contributed by atoms with Gasteiger partial charge in [0.1, 0.15) is 0 Å². The third-order valence-electron chi connectivity index (χ3n) is 5.08. The normalized spacial score (nSPS) is 8.56. The summed E-state index contributed by atoms with van der Waals surface area (Å²) in [4.78, 5) is 0. The van der Waals surface area contributed by atoms with Gasteiger partial charge in [0.05, 0.1) is 0 Å². The fraction of sp³-hybridized carbons (Fsp3) is 0.562. The summed E-state index contributed by atoms with van der Waals surface area (Å²) in [7, 11) is 0. The summed E-state index contributed by atoms with van der Waals surface area (Å²) in [6, 6.07) is 21.5. The average Bonchev–Trinajstić information content (AvgIpc) is 2.84. The van der Waals surface area contributed by atoms with E-state index in [1.54, 1.807) is 0 Å². The average molecular weight is 1080 g/mol. The molecule has 0 saturated carbocycles. The first-order valence-electron chi connectivity index (χ1n) is 13.2. The van der Waals surface area contributed by atoms with Gasteiger partial charge in [-0.25, -0.2) is 0 Å². The minimum absolute atomic E-state index is 0. The molecule has 0 unspecified atom stereocenters. The van der Waals surface area contributed by atoms with Gasteiger partial charge < -0.3 is 13.8 Å². The van der Waals surface area contributed by atoms with E-state index in [-0.39, 0.29) is 95.9 Å². The smallest absolute Gasteiger partial charge is 0.0112 e. The Morgan fingerprint density at radius 3 is 1.00 bits per heavy atom. The van der Waals surface area contributed by atoms with Crippen LogP contribution >= 0.6 is 0 Å². The molecule has 0 aliphatic heterocycles. The Morgan fingerprint density at radius 2 is 0.806 bits per heavy atom. The van der Waals surface area contributed by atoms with Crippen LogP contribution in [0.3, 0.4) is 0 Å². The minimum Gasteiger partial charge on any atom is -0.343 e. The summed E-state index contributed by atoms with van der Waals surface area (Å²) in [6.07, 6.45) is 4.69. The zero-order valence-corrected chi connectivity index (χ0v) is 36.8. The first kappa shape index (κ1) is 53.8. The Bertz CT molecular complexity index is 529. The van der Waals surface area contributed by atoms with E-state index in [0.717, 1.165) is 24.7 Å². The van der Waals surface area contributed by atoms with E-state index in [1.165, 1.54) is 24.0 Å². The van der Waals surface area contributed by atoms with Gasteiger partial charge >= 0.3 is 0 Å². The van der Waals surface area contributed by atoms with Crippen molar-refractivity contribution in [2.45, 2.75) is 101 Å². The molecular formula is C32H56W3Y-2. The van der Waals surface area contributed by atoms with E-state index in [4.69, 9.17) is 0 Å². The molecule has 2 aromatic carbocycles. The van der Waals surface area contributed by atoms with Gasteiger partial charge in [-0.05, 0) is 28.9 Å². The molecule has 0 nitrogen and oxygen atoms in total. The Balaban J connectivity index is -0.0000000745. The first-order chi connectivity index (χ1) is 15.5. The summed E-state index contributed by atoms with van der Waals surface area (Å²) < 4.78 is 0. The molecule has 0 aliphatic carbocycles. The maximum absolute atomic E-state index is 3.87. The third kappa shape index (κ3) is 27.2. The molecule has 4 heteroatoms. The molecule has 0 N–H and O–H groups in total. The fourth-order valence-corrected chi connectivity index (χ4v) is 3.62. The van der Waals surface area contributed by atoms with Crippen LogP contribution in [0.2, 0.25) is 0 Å². The van der Waals surface area contributed by atoms with Crippen LogP contribution in [0.5, 0.6) is 0 Å². The second-order valence-corrected chi connectivity index (χ2v) is 7.83. The zero-order chi connectivity index (χ0) is 25.4. The van der Waals surface area contributed by atoms with Crippen LogP contribution < -0.4 is 0 Å². The quantitative estimate of drug-likeness (QED) is 0.231. The summed E-state index contributed by atoms with van der Waals surface area (Å²) in [5.41, 5.74) is 2.81. The number of hydrogen-bond donors (Lipinski definition) is 0. The topological polar surface area (TPSA) is 0 Å². The van der Waals surface area contributed by atoms with Crippen molar-refractivity contribution < 1.29 is 95.9 Å².